The van der Waals surface area contributed by atoms with Gasteiger partial charge in [0.25, 0.3) is 0 Å². The molecule has 8 nitrogen and oxygen atoms in total. The molecule has 2 aliphatic heterocycles. The Bertz CT molecular complexity index is 660. The highest BCUT2D eigenvalue weighted by Crippen LogP contribution is 2.42. The SMILES string of the molecule is CC(=O)NCC(=O)N1CCC2(CC1)NC(=O)C[C@H]2c1cnn(C)c1. The summed E-state index contributed by atoms with van der Waals surface area (Å²) in [6.07, 6.45) is 5.67. The largest absolute Gasteiger partial charge is 0.350 e. The Morgan fingerprint density at radius 2 is 2.12 bits per heavy atom. The summed E-state index contributed by atoms with van der Waals surface area (Å²) in [6.45, 7) is 2.58. The Hall–Kier alpha value is -2.38. The van der Waals surface area contributed by atoms with E-state index in [4.69, 9.17) is 0 Å². The molecular formula is C16H23N5O3. The van der Waals surface area contributed by atoms with Crippen molar-refractivity contribution in [1.29, 1.82) is 0 Å². The molecule has 2 fully saturated rings. The van der Waals surface area contributed by atoms with Crippen molar-refractivity contribution in [1.82, 2.24) is 25.3 Å². The van der Waals surface area contributed by atoms with E-state index in [2.05, 4.69) is 15.7 Å². The Labute approximate surface area is 140 Å². The van der Waals surface area contributed by atoms with Crippen LogP contribution in [0, 0.1) is 0 Å². The van der Waals surface area contributed by atoms with Gasteiger partial charge in [-0.15, -0.1) is 0 Å². The van der Waals surface area contributed by atoms with E-state index in [1.165, 1.54) is 6.92 Å². The van der Waals surface area contributed by atoms with E-state index in [1.54, 1.807) is 9.58 Å². The minimum absolute atomic E-state index is 0.0285. The number of rotatable bonds is 3. The number of nitrogens with one attached hydrogen (secondary N) is 2. The Balaban J connectivity index is 1.68. The molecule has 0 aliphatic carbocycles. The molecule has 24 heavy (non-hydrogen) atoms. The molecule has 0 radical (unpaired) electrons. The van der Waals surface area contributed by atoms with E-state index in [9.17, 15) is 14.4 Å². The Kier molecular flexibility index (Phi) is 4.29. The lowest BCUT2D eigenvalue weighted by Crippen LogP contribution is -2.55. The molecule has 0 bridgehead atoms. The Morgan fingerprint density at radius 1 is 1.42 bits per heavy atom. The second kappa shape index (κ2) is 6.26. The number of aromatic nitrogens is 2. The molecule has 8 heteroatoms. The summed E-state index contributed by atoms with van der Waals surface area (Å²) in [7, 11) is 1.86. The smallest absolute Gasteiger partial charge is 0.241 e. The summed E-state index contributed by atoms with van der Waals surface area (Å²) in [5, 5.41) is 9.91. The predicted octanol–water partition coefficient (Wildman–Crippen LogP) is -0.479. The van der Waals surface area contributed by atoms with Crippen LogP contribution in [-0.2, 0) is 21.4 Å². The molecule has 2 aliphatic rings. The fourth-order valence-electron chi connectivity index (χ4n) is 3.79. The number of likely N-dealkylation sites (tertiary alicyclic amines) is 1. The van der Waals surface area contributed by atoms with Crippen LogP contribution >= 0.6 is 0 Å². The number of piperidine rings is 1. The molecule has 130 valence electrons. The van der Waals surface area contributed by atoms with Gasteiger partial charge in [0.2, 0.25) is 17.7 Å². The fourth-order valence-corrected chi connectivity index (χ4v) is 3.79. The maximum absolute atomic E-state index is 12.1. The van der Waals surface area contributed by atoms with Gasteiger partial charge in [-0.3, -0.25) is 19.1 Å². The lowest BCUT2D eigenvalue weighted by molar-refractivity contribution is -0.134. The van der Waals surface area contributed by atoms with Crippen LogP contribution in [0.2, 0.25) is 0 Å². The third kappa shape index (κ3) is 3.13. The van der Waals surface area contributed by atoms with Crippen molar-refractivity contribution < 1.29 is 14.4 Å². The predicted molar refractivity (Wildman–Crippen MR) is 85.9 cm³/mol. The summed E-state index contributed by atoms with van der Waals surface area (Å²) in [5.41, 5.74) is 0.763. The highest BCUT2D eigenvalue weighted by Gasteiger charge is 2.49. The number of carbonyl (C=O) groups is 3. The fraction of sp³-hybridized carbons (Fsp3) is 0.625. The van der Waals surface area contributed by atoms with Gasteiger partial charge in [-0.2, -0.15) is 5.10 Å². The van der Waals surface area contributed by atoms with E-state index in [1.807, 2.05) is 19.4 Å². The van der Waals surface area contributed by atoms with Gasteiger partial charge < -0.3 is 15.5 Å². The lowest BCUT2D eigenvalue weighted by atomic mass is 9.75. The average molecular weight is 333 g/mol. The molecule has 3 amide bonds. The monoisotopic (exact) mass is 333 g/mol. The van der Waals surface area contributed by atoms with Crippen LogP contribution in [0.25, 0.3) is 0 Å². The van der Waals surface area contributed by atoms with Crippen LogP contribution in [0.15, 0.2) is 12.4 Å². The zero-order valence-electron chi connectivity index (χ0n) is 14.0. The first-order chi connectivity index (χ1) is 11.4. The second-order valence-corrected chi connectivity index (χ2v) is 6.70. The first kappa shape index (κ1) is 16.5. The van der Waals surface area contributed by atoms with Gasteiger partial charge in [-0.05, 0) is 18.4 Å². The minimum atomic E-state index is -0.301. The summed E-state index contributed by atoms with van der Waals surface area (Å²) in [5.74, 6) is -0.146. The van der Waals surface area contributed by atoms with Gasteiger partial charge in [0, 0.05) is 45.6 Å². The van der Waals surface area contributed by atoms with Crippen molar-refractivity contribution >= 4 is 17.7 Å². The van der Waals surface area contributed by atoms with Crippen molar-refractivity contribution in [2.24, 2.45) is 7.05 Å². The number of amides is 3. The molecule has 1 aromatic heterocycles. The summed E-state index contributed by atoms with van der Waals surface area (Å²) in [4.78, 5) is 36.9. The zero-order valence-corrected chi connectivity index (χ0v) is 14.0. The maximum atomic E-state index is 12.1. The third-order valence-electron chi connectivity index (χ3n) is 5.07. The van der Waals surface area contributed by atoms with Crippen LogP contribution in [0.5, 0.6) is 0 Å². The molecule has 0 unspecified atom stereocenters. The van der Waals surface area contributed by atoms with Crippen molar-refractivity contribution in [3.8, 4) is 0 Å². The maximum Gasteiger partial charge on any atom is 0.241 e. The van der Waals surface area contributed by atoms with Crippen LogP contribution in [0.3, 0.4) is 0 Å². The molecule has 0 aromatic carbocycles. The van der Waals surface area contributed by atoms with Crippen LogP contribution in [0.1, 0.15) is 37.7 Å². The van der Waals surface area contributed by atoms with E-state index in [0.717, 1.165) is 5.56 Å². The normalized spacial score (nSPS) is 22.5. The molecule has 3 heterocycles. The lowest BCUT2D eigenvalue weighted by Gasteiger charge is -2.42. The van der Waals surface area contributed by atoms with Gasteiger partial charge in [0.1, 0.15) is 0 Å². The van der Waals surface area contributed by atoms with Crippen molar-refractivity contribution in [2.75, 3.05) is 19.6 Å². The van der Waals surface area contributed by atoms with Crippen LogP contribution < -0.4 is 10.6 Å². The third-order valence-corrected chi connectivity index (χ3v) is 5.07. The summed E-state index contributed by atoms with van der Waals surface area (Å²) in [6, 6.07) is 0. The molecule has 2 saturated heterocycles. The molecular weight excluding hydrogens is 310 g/mol. The van der Waals surface area contributed by atoms with Gasteiger partial charge in [-0.25, -0.2) is 0 Å². The van der Waals surface area contributed by atoms with Crippen molar-refractivity contribution in [3.63, 3.8) is 0 Å². The number of nitrogens with zero attached hydrogens (tertiary/aromatic N) is 3. The molecule has 1 atom stereocenters. The molecule has 1 aromatic rings. The number of hydrogen-bond donors (Lipinski definition) is 2. The molecule has 3 rings (SSSR count). The molecule has 1 spiro atoms. The van der Waals surface area contributed by atoms with Gasteiger partial charge in [0.05, 0.1) is 18.3 Å². The summed E-state index contributed by atoms with van der Waals surface area (Å²) < 4.78 is 1.75. The highest BCUT2D eigenvalue weighted by atomic mass is 16.2. The highest BCUT2D eigenvalue weighted by molar-refractivity contribution is 5.84. The van der Waals surface area contributed by atoms with Gasteiger partial charge in [-0.1, -0.05) is 0 Å². The van der Waals surface area contributed by atoms with E-state index in [-0.39, 0.29) is 35.7 Å². The van der Waals surface area contributed by atoms with Crippen LogP contribution in [0.4, 0.5) is 0 Å². The van der Waals surface area contributed by atoms with Gasteiger partial charge >= 0.3 is 0 Å². The van der Waals surface area contributed by atoms with Crippen molar-refractivity contribution in [3.05, 3.63) is 18.0 Å². The van der Waals surface area contributed by atoms with E-state index < -0.39 is 0 Å². The first-order valence-corrected chi connectivity index (χ1v) is 8.21. The topological polar surface area (TPSA) is 96.3 Å². The number of hydrogen-bond acceptors (Lipinski definition) is 4. The zero-order chi connectivity index (χ0) is 17.3. The number of carbonyl (C=O) groups excluding carboxylic acids is 3. The Morgan fingerprint density at radius 3 is 2.71 bits per heavy atom. The minimum Gasteiger partial charge on any atom is -0.350 e. The van der Waals surface area contributed by atoms with E-state index >= 15 is 0 Å². The standard InChI is InChI=1S/C16H23N5O3/c1-11(22)17-9-15(24)21-5-3-16(4-6-21)13(7-14(23)19-16)12-8-18-20(2)10-12/h8,10,13H,3-7,9H2,1-2H3,(H,17,22)(H,19,23)/t13-/m0/s1. The summed E-state index contributed by atoms with van der Waals surface area (Å²) >= 11 is 0. The van der Waals surface area contributed by atoms with Gasteiger partial charge in [0.15, 0.2) is 0 Å². The van der Waals surface area contributed by atoms with E-state index in [0.29, 0.717) is 32.4 Å². The van der Waals surface area contributed by atoms with Crippen molar-refractivity contribution in [2.45, 2.75) is 37.6 Å². The quantitative estimate of drug-likeness (QED) is 0.781. The number of aryl methyl sites for hydroxylation is 1. The van der Waals surface area contributed by atoms with Crippen LogP contribution in [-0.4, -0.2) is 57.6 Å². The second-order valence-electron chi connectivity index (χ2n) is 6.70. The first-order valence-electron chi connectivity index (χ1n) is 8.21. The molecule has 0 saturated carbocycles. The molecule has 2 N–H and O–H groups in total. The average Bonchev–Trinajstić information content (AvgIpc) is 3.09.